The predicted molar refractivity (Wildman–Crippen MR) is 125 cm³/mol. The summed E-state index contributed by atoms with van der Waals surface area (Å²) >= 11 is 0. The SMILES string of the molecule is CC(C)OC(=O)[C@@H](C)N[P@](=O)(OC[C@H]1OC(OC(=O)c2cccnc2)[C@H](O)[C@@H]1O)Oc1ccccc1. The van der Waals surface area contributed by atoms with Crippen molar-refractivity contribution in [2.75, 3.05) is 6.61 Å². The van der Waals surface area contributed by atoms with Crippen molar-refractivity contribution in [2.45, 2.75) is 57.5 Å². The van der Waals surface area contributed by atoms with Gasteiger partial charge in [0.25, 0.3) is 0 Å². The van der Waals surface area contributed by atoms with E-state index in [9.17, 15) is 24.4 Å². The first kappa shape index (κ1) is 27.7. The van der Waals surface area contributed by atoms with Gasteiger partial charge in [-0.25, -0.2) is 9.36 Å². The van der Waals surface area contributed by atoms with Crippen molar-refractivity contribution in [3.05, 3.63) is 60.4 Å². The van der Waals surface area contributed by atoms with E-state index in [1.165, 1.54) is 43.6 Å². The monoisotopic (exact) mass is 524 g/mol. The molecule has 196 valence electrons. The van der Waals surface area contributed by atoms with Crippen LogP contribution in [0.2, 0.25) is 0 Å². The highest BCUT2D eigenvalue weighted by Crippen LogP contribution is 2.45. The molecule has 1 fully saturated rings. The zero-order valence-corrected chi connectivity index (χ0v) is 20.8. The van der Waals surface area contributed by atoms with Crippen LogP contribution >= 0.6 is 7.75 Å². The summed E-state index contributed by atoms with van der Waals surface area (Å²) in [7, 11) is -4.23. The Morgan fingerprint density at radius 3 is 2.47 bits per heavy atom. The standard InChI is InChI=1S/C23H29N2O10P/c1-14(2)32-21(28)15(3)25-36(30,35-17-9-5-4-6-10-17)31-13-18-19(26)20(27)23(33-18)34-22(29)16-8-7-11-24-12-16/h4-12,14-15,18-20,23,26-27H,13H2,1-3H3,(H,25,30)/t15-,18-,19-,20-,23?,36+/m1/s1. The molecule has 0 saturated carbocycles. The summed E-state index contributed by atoms with van der Waals surface area (Å²) in [5, 5.41) is 23.2. The first-order chi connectivity index (χ1) is 17.1. The van der Waals surface area contributed by atoms with Crippen LogP contribution in [0, 0.1) is 0 Å². The van der Waals surface area contributed by atoms with Crippen molar-refractivity contribution in [1.29, 1.82) is 0 Å². The molecule has 13 heteroatoms. The molecule has 0 amide bonds. The van der Waals surface area contributed by atoms with E-state index in [2.05, 4.69) is 10.1 Å². The minimum atomic E-state index is -4.23. The third-order valence-electron chi connectivity index (χ3n) is 4.87. The van der Waals surface area contributed by atoms with E-state index in [-0.39, 0.29) is 11.3 Å². The van der Waals surface area contributed by atoms with Crippen LogP contribution in [-0.2, 0) is 28.1 Å². The second-order valence-corrected chi connectivity index (χ2v) is 9.90. The highest BCUT2D eigenvalue weighted by molar-refractivity contribution is 7.52. The number of esters is 2. The fraction of sp³-hybridized carbons (Fsp3) is 0.435. The summed E-state index contributed by atoms with van der Waals surface area (Å²) in [6.07, 6.45) is -3.53. The first-order valence-corrected chi connectivity index (χ1v) is 12.7. The minimum absolute atomic E-state index is 0.120. The van der Waals surface area contributed by atoms with Gasteiger partial charge in [0.2, 0.25) is 6.29 Å². The number of hydrogen-bond acceptors (Lipinski definition) is 11. The first-order valence-electron chi connectivity index (χ1n) is 11.2. The number of pyridine rings is 1. The number of nitrogens with zero attached hydrogens (tertiary/aromatic N) is 1. The molecule has 1 aliphatic rings. The number of carbonyl (C=O) groups is 2. The number of nitrogens with one attached hydrogen (secondary N) is 1. The van der Waals surface area contributed by atoms with Crippen LogP contribution < -0.4 is 9.61 Å². The molecule has 3 N–H and O–H groups in total. The Morgan fingerprint density at radius 1 is 1.11 bits per heavy atom. The molecule has 1 aromatic heterocycles. The second-order valence-electron chi connectivity index (χ2n) is 8.21. The Labute approximate surface area is 208 Å². The summed E-state index contributed by atoms with van der Waals surface area (Å²) in [6.45, 7) is 4.22. The van der Waals surface area contributed by atoms with Crippen LogP contribution in [0.4, 0.5) is 0 Å². The molecule has 1 saturated heterocycles. The van der Waals surface area contributed by atoms with Crippen LogP contribution in [0.5, 0.6) is 5.75 Å². The molecule has 1 aromatic carbocycles. The molecular weight excluding hydrogens is 495 g/mol. The van der Waals surface area contributed by atoms with Gasteiger partial charge in [-0.1, -0.05) is 18.2 Å². The number of aromatic nitrogens is 1. The van der Waals surface area contributed by atoms with Gasteiger partial charge in [-0.05, 0) is 45.0 Å². The number of para-hydroxylation sites is 1. The molecule has 0 bridgehead atoms. The molecule has 2 aromatic rings. The number of hydrogen-bond donors (Lipinski definition) is 3. The van der Waals surface area contributed by atoms with Crippen LogP contribution in [0.3, 0.4) is 0 Å². The van der Waals surface area contributed by atoms with Gasteiger partial charge in [0.05, 0.1) is 18.3 Å². The van der Waals surface area contributed by atoms with Gasteiger partial charge in [0, 0.05) is 12.4 Å². The van der Waals surface area contributed by atoms with Gasteiger partial charge in [-0.2, -0.15) is 5.09 Å². The fourth-order valence-corrected chi connectivity index (χ4v) is 4.61. The third-order valence-corrected chi connectivity index (χ3v) is 6.52. The number of rotatable bonds is 11. The third kappa shape index (κ3) is 7.57. The molecule has 2 heterocycles. The Kier molecular flexibility index (Phi) is 9.55. The normalized spacial score (nSPS) is 24.1. The van der Waals surface area contributed by atoms with Gasteiger partial charge in [0.1, 0.15) is 30.1 Å². The average molecular weight is 524 g/mol. The van der Waals surface area contributed by atoms with Crippen molar-refractivity contribution in [2.24, 2.45) is 0 Å². The van der Waals surface area contributed by atoms with Crippen molar-refractivity contribution >= 4 is 19.7 Å². The van der Waals surface area contributed by atoms with Crippen molar-refractivity contribution in [3.63, 3.8) is 0 Å². The summed E-state index contributed by atoms with van der Waals surface area (Å²) in [5.41, 5.74) is 0.120. The lowest BCUT2D eigenvalue weighted by Gasteiger charge is -2.25. The summed E-state index contributed by atoms with van der Waals surface area (Å²) < 4.78 is 40.2. The highest BCUT2D eigenvalue weighted by atomic mass is 31.2. The van der Waals surface area contributed by atoms with Crippen LogP contribution in [0.15, 0.2) is 54.9 Å². The van der Waals surface area contributed by atoms with Crippen molar-refractivity contribution < 1.29 is 47.6 Å². The fourth-order valence-electron chi connectivity index (χ4n) is 3.11. The van der Waals surface area contributed by atoms with E-state index in [0.717, 1.165) is 0 Å². The molecule has 0 radical (unpaired) electrons. The van der Waals surface area contributed by atoms with E-state index >= 15 is 0 Å². The van der Waals surface area contributed by atoms with Gasteiger partial charge >= 0.3 is 19.7 Å². The summed E-state index contributed by atoms with van der Waals surface area (Å²) in [5.74, 6) is -1.31. The molecule has 12 nitrogen and oxygen atoms in total. The lowest BCUT2D eigenvalue weighted by molar-refractivity contribution is -0.149. The zero-order chi connectivity index (χ0) is 26.3. The average Bonchev–Trinajstić information content (AvgIpc) is 3.11. The maximum atomic E-state index is 13.5. The maximum absolute atomic E-state index is 13.5. The van der Waals surface area contributed by atoms with Crippen molar-refractivity contribution in [3.8, 4) is 5.75 Å². The largest absolute Gasteiger partial charge is 0.462 e. The number of aliphatic hydroxyl groups excluding tert-OH is 2. The second kappa shape index (κ2) is 12.4. The van der Waals surface area contributed by atoms with Crippen LogP contribution in [0.1, 0.15) is 31.1 Å². The number of ether oxygens (including phenoxy) is 3. The zero-order valence-electron chi connectivity index (χ0n) is 19.9. The summed E-state index contributed by atoms with van der Waals surface area (Å²) in [6, 6.07) is 10.0. The highest BCUT2D eigenvalue weighted by Gasteiger charge is 2.46. The maximum Gasteiger partial charge on any atom is 0.459 e. The van der Waals surface area contributed by atoms with E-state index in [1.807, 2.05) is 0 Å². The Hall–Kier alpha value is -2.86. The molecule has 0 spiro atoms. The number of benzene rings is 1. The van der Waals surface area contributed by atoms with E-state index in [4.69, 9.17) is 23.3 Å². The molecule has 0 aliphatic carbocycles. The molecule has 6 atom stereocenters. The molecule has 1 unspecified atom stereocenters. The smallest absolute Gasteiger partial charge is 0.459 e. The van der Waals surface area contributed by atoms with Crippen molar-refractivity contribution in [1.82, 2.24) is 10.1 Å². The van der Waals surface area contributed by atoms with Crippen LogP contribution in [0.25, 0.3) is 0 Å². The molecule has 36 heavy (non-hydrogen) atoms. The minimum Gasteiger partial charge on any atom is -0.462 e. The topological polar surface area (TPSA) is 163 Å². The Morgan fingerprint density at radius 2 is 1.83 bits per heavy atom. The molecule has 3 rings (SSSR count). The lowest BCUT2D eigenvalue weighted by Crippen LogP contribution is -2.38. The van der Waals surface area contributed by atoms with Gasteiger partial charge < -0.3 is 28.9 Å². The number of aliphatic hydroxyl groups is 2. The summed E-state index contributed by atoms with van der Waals surface area (Å²) in [4.78, 5) is 28.3. The molecular formula is C23H29N2O10P. The quantitative estimate of drug-likeness (QED) is 0.289. The van der Waals surface area contributed by atoms with E-state index < -0.39 is 63.0 Å². The Balaban J connectivity index is 1.67. The van der Waals surface area contributed by atoms with Gasteiger partial charge in [-0.3, -0.25) is 14.3 Å². The lowest BCUT2D eigenvalue weighted by atomic mass is 10.1. The van der Waals surface area contributed by atoms with Gasteiger partial charge in [-0.15, -0.1) is 0 Å². The van der Waals surface area contributed by atoms with Gasteiger partial charge in [0.15, 0.2) is 0 Å². The predicted octanol–water partition coefficient (Wildman–Crippen LogP) is 1.82. The van der Waals surface area contributed by atoms with E-state index in [1.54, 1.807) is 32.0 Å². The Bertz CT molecular complexity index is 1060. The molecule has 1 aliphatic heterocycles. The number of carbonyl (C=O) groups excluding carboxylic acids is 2. The van der Waals surface area contributed by atoms with Crippen LogP contribution in [-0.4, -0.2) is 70.5 Å². The van der Waals surface area contributed by atoms with E-state index in [0.29, 0.717) is 0 Å².